The summed E-state index contributed by atoms with van der Waals surface area (Å²) in [5.41, 5.74) is -1.06. The Morgan fingerprint density at radius 3 is 2.33 bits per heavy atom. The first kappa shape index (κ1) is 9.39. The van der Waals surface area contributed by atoms with Gasteiger partial charge in [0, 0.05) is 0 Å². The second-order valence-corrected chi connectivity index (χ2v) is 3.29. The van der Waals surface area contributed by atoms with Crippen molar-refractivity contribution in [2.45, 2.75) is 6.92 Å². The number of H-pyrrole nitrogens is 2. The quantitative estimate of drug-likeness (QED) is 0.587. The maximum Gasteiger partial charge on any atom is 0.316 e. The summed E-state index contributed by atoms with van der Waals surface area (Å²) in [4.78, 5) is 38.0. The van der Waals surface area contributed by atoms with Gasteiger partial charge >= 0.3 is 11.1 Å². The van der Waals surface area contributed by atoms with Crippen LogP contribution in [0.25, 0.3) is 10.9 Å². The van der Waals surface area contributed by atoms with E-state index in [1.165, 1.54) is 0 Å². The first-order valence-electron chi connectivity index (χ1n) is 4.35. The van der Waals surface area contributed by atoms with Gasteiger partial charge in [-0.3, -0.25) is 19.4 Å². The van der Waals surface area contributed by atoms with Crippen LogP contribution in [-0.4, -0.2) is 9.97 Å². The van der Waals surface area contributed by atoms with Crippen LogP contribution in [0.3, 0.4) is 0 Å². The van der Waals surface area contributed by atoms with E-state index >= 15 is 0 Å². The fraction of sp³-hybridized carbons (Fsp3) is 0.100. The van der Waals surface area contributed by atoms with E-state index < -0.39 is 16.7 Å². The summed E-state index contributed by atoms with van der Waals surface area (Å²) in [5, 5.41) is 0.291. The number of fused-ring (bicyclic) bond motifs is 1. The average Bonchev–Trinajstić information content (AvgIpc) is 2.25. The molecule has 0 saturated heterocycles. The number of hydrogen-bond acceptors (Lipinski definition) is 3. The van der Waals surface area contributed by atoms with Gasteiger partial charge in [0.15, 0.2) is 0 Å². The highest BCUT2D eigenvalue weighted by Gasteiger charge is 2.00. The molecule has 2 aromatic rings. The highest BCUT2D eigenvalue weighted by atomic mass is 16.2. The fourth-order valence-corrected chi connectivity index (χ4v) is 1.37. The molecule has 0 fully saturated rings. The summed E-state index contributed by atoms with van der Waals surface area (Å²) in [5.74, 6) is 0. The summed E-state index contributed by atoms with van der Waals surface area (Å²) in [6.45, 7) is 1.83. The summed E-state index contributed by atoms with van der Waals surface area (Å²) >= 11 is 0. The third kappa shape index (κ3) is 1.59. The smallest absolute Gasteiger partial charge is 0.316 e. The largest absolute Gasteiger partial charge is 0.317 e. The van der Waals surface area contributed by atoms with Gasteiger partial charge in [0.2, 0.25) is 0 Å². The Kier molecular flexibility index (Phi) is 2.00. The van der Waals surface area contributed by atoms with E-state index in [1.54, 1.807) is 18.2 Å². The SMILES string of the molecule is Cc1ccc2c(=O)[nH]c(=O)c(=O)[nH]c2c1. The number of hydrogen-bond donors (Lipinski definition) is 2. The van der Waals surface area contributed by atoms with E-state index in [0.717, 1.165) is 5.56 Å². The molecule has 0 amide bonds. The van der Waals surface area contributed by atoms with Crippen molar-refractivity contribution in [2.24, 2.45) is 0 Å². The van der Waals surface area contributed by atoms with Crippen LogP contribution in [0.15, 0.2) is 32.6 Å². The molecule has 15 heavy (non-hydrogen) atoms. The first-order valence-corrected chi connectivity index (χ1v) is 4.35. The molecule has 0 radical (unpaired) electrons. The van der Waals surface area contributed by atoms with Crippen molar-refractivity contribution in [1.29, 1.82) is 0 Å². The maximum atomic E-state index is 11.4. The van der Waals surface area contributed by atoms with Gasteiger partial charge in [0.1, 0.15) is 0 Å². The van der Waals surface area contributed by atoms with Crippen molar-refractivity contribution in [3.63, 3.8) is 0 Å². The maximum absolute atomic E-state index is 11.4. The number of aromatic amines is 2. The van der Waals surface area contributed by atoms with Gasteiger partial charge in [-0.15, -0.1) is 0 Å². The Balaban J connectivity index is 3.17. The second-order valence-electron chi connectivity index (χ2n) is 3.29. The average molecular weight is 204 g/mol. The molecule has 0 aliphatic heterocycles. The number of nitrogens with one attached hydrogen (secondary N) is 2. The van der Waals surface area contributed by atoms with Crippen LogP contribution in [0.2, 0.25) is 0 Å². The molecular formula is C10H8N2O3. The minimum Gasteiger partial charge on any atom is -0.317 e. The zero-order valence-corrected chi connectivity index (χ0v) is 7.96. The normalized spacial score (nSPS) is 10.5. The first-order chi connectivity index (χ1) is 7.08. The predicted octanol–water partition coefficient (Wildman–Crippen LogP) is -0.115. The zero-order valence-electron chi connectivity index (χ0n) is 7.96. The minimum atomic E-state index is -0.936. The molecule has 0 bridgehead atoms. The van der Waals surface area contributed by atoms with E-state index in [-0.39, 0.29) is 0 Å². The molecule has 0 aliphatic rings. The lowest BCUT2D eigenvalue weighted by molar-refractivity contribution is 1.14. The van der Waals surface area contributed by atoms with Crippen LogP contribution < -0.4 is 16.7 Å². The van der Waals surface area contributed by atoms with Crippen LogP contribution in [0, 0.1) is 6.92 Å². The standard InChI is InChI=1S/C10H8N2O3/c1-5-2-3-6-7(4-5)11-9(14)10(15)12-8(6)13/h2-4H,1H3,(H2,11,12,13,14,15). The summed E-state index contributed by atoms with van der Waals surface area (Å²) in [7, 11) is 0. The van der Waals surface area contributed by atoms with E-state index in [2.05, 4.69) is 4.98 Å². The molecule has 0 spiro atoms. The van der Waals surface area contributed by atoms with Crippen LogP contribution in [0.1, 0.15) is 5.56 Å². The lowest BCUT2D eigenvalue weighted by Gasteiger charge is -1.92. The number of aromatic nitrogens is 2. The molecule has 0 saturated carbocycles. The lowest BCUT2D eigenvalue weighted by Crippen LogP contribution is -2.28. The van der Waals surface area contributed by atoms with Crippen molar-refractivity contribution >= 4 is 10.9 Å². The van der Waals surface area contributed by atoms with E-state index in [4.69, 9.17) is 0 Å². The summed E-state index contributed by atoms with van der Waals surface area (Å²) in [6.07, 6.45) is 0. The predicted molar refractivity (Wildman–Crippen MR) is 56.2 cm³/mol. The molecule has 1 heterocycles. The second kappa shape index (κ2) is 3.20. The van der Waals surface area contributed by atoms with Crippen molar-refractivity contribution in [3.05, 3.63) is 54.8 Å². The van der Waals surface area contributed by atoms with Gasteiger partial charge in [-0.2, -0.15) is 0 Å². The van der Waals surface area contributed by atoms with Crippen LogP contribution in [-0.2, 0) is 0 Å². The van der Waals surface area contributed by atoms with Crippen molar-refractivity contribution < 1.29 is 0 Å². The Morgan fingerprint density at radius 1 is 0.933 bits per heavy atom. The Bertz CT molecular complexity index is 697. The zero-order chi connectivity index (χ0) is 11.0. The lowest BCUT2D eigenvalue weighted by atomic mass is 10.2. The third-order valence-corrected chi connectivity index (χ3v) is 2.10. The molecule has 2 rings (SSSR count). The van der Waals surface area contributed by atoms with Crippen LogP contribution >= 0.6 is 0 Å². The van der Waals surface area contributed by atoms with Crippen LogP contribution in [0.4, 0.5) is 0 Å². The molecule has 5 nitrogen and oxygen atoms in total. The van der Waals surface area contributed by atoms with Gasteiger partial charge in [-0.1, -0.05) is 6.07 Å². The van der Waals surface area contributed by atoms with Gasteiger partial charge in [-0.05, 0) is 24.6 Å². The van der Waals surface area contributed by atoms with Crippen molar-refractivity contribution in [3.8, 4) is 0 Å². The van der Waals surface area contributed by atoms with E-state index in [9.17, 15) is 14.4 Å². The van der Waals surface area contributed by atoms with E-state index in [1.807, 2.05) is 11.9 Å². The van der Waals surface area contributed by atoms with Gasteiger partial charge < -0.3 is 4.98 Å². The monoisotopic (exact) mass is 204 g/mol. The molecule has 1 aromatic carbocycles. The molecule has 0 aliphatic carbocycles. The molecular weight excluding hydrogens is 196 g/mol. The fourth-order valence-electron chi connectivity index (χ4n) is 1.37. The van der Waals surface area contributed by atoms with E-state index in [0.29, 0.717) is 10.9 Å². The molecule has 76 valence electrons. The van der Waals surface area contributed by atoms with Crippen molar-refractivity contribution in [1.82, 2.24) is 9.97 Å². The molecule has 2 N–H and O–H groups in total. The highest BCUT2D eigenvalue weighted by molar-refractivity contribution is 5.77. The Morgan fingerprint density at radius 2 is 1.60 bits per heavy atom. The summed E-state index contributed by atoms with van der Waals surface area (Å²) < 4.78 is 0. The molecule has 1 aromatic heterocycles. The van der Waals surface area contributed by atoms with Gasteiger partial charge in [0.25, 0.3) is 5.56 Å². The molecule has 5 heteroatoms. The van der Waals surface area contributed by atoms with Crippen LogP contribution in [0.5, 0.6) is 0 Å². The topological polar surface area (TPSA) is 82.8 Å². The number of benzene rings is 1. The number of aryl methyl sites for hydroxylation is 1. The van der Waals surface area contributed by atoms with Gasteiger partial charge in [0.05, 0.1) is 10.9 Å². The van der Waals surface area contributed by atoms with Crippen molar-refractivity contribution in [2.75, 3.05) is 0 Å². The highest BCUT2D eigenvalue weighted by Crippen LogP contribution is 2.06. The Hall–Kier alpha value is -2.17. The Labute approximate surface area is 83.4 Å². The molecule has 0 atom stereocenters. The van der Waals surface area contributed by atoms with Gasteiger partial charge in [-0.25, -0.2) is 0 Å². The number of rotatable bonds is 0. The third-order valence-electron chi connectivity index (χ3n) is 2.10. The molecule has 0 unspecified atom stereocenters. The minimum absolute atomic E-state index is 0.291. The summed E-state index contributed by atoms with van der Waals surface area (Å²) in [6, 6.07) is 4.95.